The third-order valence-corrected chi connectivity index (χ3v) is 3.57. The smallest absolute Gasteiger partial charge is 0.267 e. The van der Waals surface area contributed by atoms with Gasteiger partial charge in [-0.05, 0) is 38.8 Å². The first-order valence-corrected chi connectivity index (χ1v) is 6.54. The third kappa shape index (κ3) is 3.29. The second-order valence-corrected chi connectivity index (χ2v) is 4.96. The predicted molar refractivity (Wildman–Crippen MR) is 68.0 cm³/mol. The molecule has 2 atom stereocenters. The van der Waals surface area contributed by atoms with Gasteiger partial charge in [0.25, 0.3) is 5.91 Å². The van der Waals surface area contributed by atoms with Crippen molar-refractivity contribution in [1.29, 1.82) is 0 Å². The zero-order valence-electron chi connectivity index (χ0n) is 10.7. The second kappa shape index (κ2) is 5.95. The van der Waals surface area contributed by atoms with Crippen LogP contribution in [0, 0.1) is 5.92 Å². The molecular formula is C12H20N4O2. The first-order chi connectivity index (χ1) is 8.66. The Hall–Kier alpha value is -1.43. The number of nitrogens with zero attached hydrogens (tertiary/aromatic N) is 1. The number of hydrazone groups is 1. The predicted octanol–water partition coefficient (Wildman–Crippen LogP) is -0.243. The van der Waals surface area contributed by atoms with Gasteiger partial charge in [0, 0.05) is 18.9 Å². The number of carbonyl (C=O) groups is 2. The number of hydrogen-bond donors (Lipinski definition) is 3. The molecule has 18 heavy (non-hydrogen) atoms. The van der Waals surface area contributed by atoms with Crippen molar-refractivity contribution >= 4 is 17.5 Å². The zero-order chi connectivity index (χ0) is 13.0. The summed E-state index contributed by atoms with van der Waals surface area (Å²) in [5.41, 5.74) is 2.76. The fourth-order valence-corrected chi connectivity index (χ4v) is 2.35. The van der Waals surface area contributed by atoms with Crippen LogP contribution < -0.4 is 16.1 Å². The van der Waals surface area contributed by atoms with Crippen LogP contribution in [0.4, 0.5) is 0 Å². The molecule has 2 aliphatic rings. The van der Waals surface area contributed by atoms with Crippen molar-refractivity contribution in [2.45, 2.75) is 38.6 Å². The van der Waals surface area contributed by atoms with Crippen molar-refractivity contribution in [3.63, 3.8) is 0 Å². The van der Waals surface area contributed by atoms with Crippen LogP contribution in [0.15, 0.2) is 5.10 Å². The number of carbonyl (C=O) groups excluding carboxylic acids is 2. The Labute approximate surface area is 107 Å². The standard InChI is InChI=1S/C12H20N4O2/c1-8(9-3-2-6-13-7-9)14-12(18)10-4-5-11(17)16-15-10/h8-9,13H,2-7H2,1H3,(H,14,18)(H,16,17). The van der Waals surface area contributed by atoms with Crippen LogP contribution in [-0.4, -0.2) is 36.7 Å². The van der Waals surface area contributed by atoms with Gasteiger partial charge in [-0.25, -0.2) is 5.43 Å². The van der Waals surface area contributed by atoms with Crippen LogP contribution in [0.3, 0.4) is 0 Å². The molecule has 1 fully saturated rings. The summed E-state index contributed by atoms with van der Waals surface area (Å²) in [5.74, 6) is 0.186. The molecule has 6 nitrogen and oxygen atoms in total. The number of piperidine rings is 1. The number of rotatable bonds is 3. The highest BCUT2D eigenvalue weighted by Crippen LogP contribution is 2.14. The lowest BCUT2D eigenvalue weighted by molar-refractivity contribution is -0.121. The fraction of sp³-hybridized carbons (Fsp3) is 0.750. The lowest BCUT2D eigenvalue weighted by Crippen LogP contribution is -2.47. The monoisotopic (exact) mass is 252 g/mol. The van der Waals surface area contributed by atoms with E-state index in [2.05, 4.69) is 21.2 Å². The summed E-state index contributed by atoms with van der Waals surface area (Å²) in [6.45, 7) is 4.04. The summed E-state index contributed by atoms with van der Waals surface area (Å²) in [6, 6.07) is 0.130. The third-order valence-electron chi connectivity index (χ3n) is 3.57. The van der Waals surface area contributed by atoms with Crippen LogP contribution in [0.2, 0.25) is 0 Å². The van der Waals surface area contributed by atoms with Crippen LogP contribution in [0.1, 0.15) is 32.6 Å². The maximum Gasteiger partial charge on any atom is 0.267 e. The van der Waals surface area contributed by atoms with Gasteiger partial charge in [-0.1, -0.05) is 0 Å². The van der Waals surface area contributed by atoms with Gasteiger partial charge in [0.2, 0.25) is 5.91 Å². The van der Waals surface area contributed by atoms with E-state index < -0.39 is 0 Å². The minimum Gasteiger partial charge on any atom is -0.348 e. The number of amides is 2. The Morgan fingerprint density at radius 1 is 1.50 bits per heavy atom. The summed E-state index contributed by atoms with van der Waals surface area (Å²) in [5, 5.41) is 10.1. The van der Waals surface area contributed by atoms with Crippen LogP contribution in [0.25, 0.3) is 0 Å². The molecule has 0 aromatic carbocycles. The maximum atomic E-state index is 11.9. The van der Waals surface area contributed by atoms with Gasteiger partial charge in [-0.2, -0.15) is 5.10 Å². The van der Waals surface area contributed by atoms with Gasteiger partial charge >= 0.3 is 0 Å². The molecule has 0 spiro atoms. The SMILES string of the molecule is CC(NC(=O)C1=NNC(=O)CC1)C1CCCNC1. The number of hydrogen-bond acceptors (Lipinski definition) is 4. The molecule has 0 aliphatic carbocycles. The highest BCUT2D eigenvalue weighted by molar-refractivity contribution is 6.39. The molecule has 2 heterocycles. The molecule has 1 saturated heterocycles. The lowest BCUT2D eigenvalue weighted by Gasteiger charge is -2.29. The Morgan fingerprint density at radius 2 is 2.33 bits per heavy atom. The molecule has 0 aromatic heterocycles. The van der Waals surface area contributed by atoms with Gasteiger partial charge in [0.05, 0.1) is 0 Å². The van der Waals surface area contributed by atoms with E-state index in [1.807, 2.05) is 6.92 Å². The Balaban J connectivity index is 1.84. The number of nitrogens with one attached hydrogen (secondary N) is 3. The molecule has 0 saturated carbocycles. The molecule has 3 N–H and O–H groups in total. The van der Waals surface area contributed by atoms with Crippen LogP contribution in [0.5, 0.6) is 0 Å². The molecule has 2 unspecified atom stereocenters. The average Bonchev–Trinajstić information content (AvgIpc) is 2.40. The van der Waals surface area contributed by atoms with Crippen molar-refractivity contribution in [3.05, 3.63) is 0 Å². The Bertz CT molecular complexity index is 361. The normalized spacial score (nSPS) is 25.9. The van der Waals surface area contributed by atoms with E-state index in [1.165, 1.54) is 0 Å². The summed E-state index contributed by atoms with van der Waals surface area (Å²) in [7, 11) is 0. The average molecular weight is 252 g/mol. The molecule has 0 aromatic rings. The molecule has 0 bridgehead atoms. The van der Waals surface area contributed by atoms with Crippen molar-refractivity contribution < 1.29 is 9.59 Å². The summed E-state index contributed by atoms with van der Waals surface area (Å²) >= 11 is 0. The minimum atomic E-state index is -0.159. The van der Waals surface area contributed by atoms with Gasteiger partial charge < -0.3 is 10.6 Å². The largest absolute Gasteiger partial charge is 0.348 e. The second-order valence-electron chi connectivity index (χ2n) is 4.96. The van der Waals surface area contributed by atoms with Gasteiger partial charge in [-0.3, -0.25) is 9.59 Å². The van der Waals surface area contributed by atoms with Crippen LogP contribution in [-0.2, 0) is 9.59 Å². The maximum absolute atomic E-state index is 11.9. The van der Waals surface area contributed by atoms with E-state index in [0.29, 0.717) is 24.5 Å². The van der Waals surface area contributed by atoms with Crippen molar-refractivity contribution in [2.24, 2.45) is 11.0 Å². The first kappa shape index (κ1) is 13.0. The van der Waals surface area contributed by atoms with E-state index in [-0.39, 0.29) is 17.9 Å². The summed E-state index contributed by atoms with van der Waals surface area (Å²) in [4.78, 5) is 22.9. The lowest BCUT2D eigenvalue weighted by atomic mass is 9.92. The Kier molecular flexibility index (Phi) is 4.30. The van der Waals surface area contributed by atoms with Crippen molar-refractivity contribution in [3.8, 4) is 0 Å². The molecule has 100 valence electrons. The molecule has 2 amide bonds. The van der Waals surface area contributed by atoms with E-state index in [0.717, 1.165) is 25.9 Å². The van der Waals surface area contributed by atoms with Crippen molar-refractivity contribution in [1.82, 2.24) is 16.1 Å². The fourth-order valence-electron chi connectivity index (χ4n) is 2.35. The first-order valence-electron chi connectivity index (χ1n) is 6.54. The van der Waals surface area contributed by atoms with E-state index in [1.54, 1.807) is 0 Å². The van der Waals surface area contributed by atoms with Crippen molar-refractivity contribution in [2.75, 3.05) is 13.1 Å². The molecule has 2 aliphatic heterocycles. The van der Waals surface area contributed by atoms with Gasteiger partial charge in [-0.15, -0.1) is 0 Å². The van der Waals surface area contributed by atoms with Gasteiger partial charge in [0.15, 0.2) is 0 Å². The quantitative estimate of drug-likeness (QED) is 0.648. The summed E-state index contributed by atoms with van der Waals surface area (Å²) < 4.78 is 0. The van der Waals surface area contributed by atoms with E-state index in [9.17, 15) is 9.59 Å². The zero-order valence-corrected chi connectivity index (χ0v) is 10.7. The molecule has 2 rings (SSSR count). The molecular weight excluding hydrogens is 232 g/mol. The highest BCUT2D eigenvalue weighted by Gasteiger charge is 2.24. The highest BCUT2D eigenvalue weighted by atomic mass is 16.2. The Morgan fingerprint density at radius 3 is 2.94 bits per heavy atom. The van der Waals surface area contributed by atoms with Gasteiger partial charge in [0.1, 0.15) is 5.71 Å². The van der Waals surface area contributed by atoms with E-state index in [4.69, 9.17) is 0 Å². The minimum absolute atomic E-state index is 0.129. The molecule has 0 radical (unpaired) electrons. The van der Waals surface area contributed by atoms with E-state index >= 15 is 0 Å². The topological polar surface area (TPSA) is 82.6 Å². The summed E-state index contributed by atoms with van der Waals surface area (Å²) in [6.07, 6.45) is 3.05. The van der Waals surface area contributed by atoms with Crippen LogP contribution >= 0.6 is 0 Å². The molecule has 6 heteroatoms.